The quantitative estimate of drug-likeness (QED) is 0.240. The molecule has 9 heteroatoms. The van der Waals surface area contributed by atoms with E-state index in [1.165, 1.54) is 24.4 Å². The third-order valence-electron chi connectivity index (χ3n) is 6.21. The van der Waals surface area contributed by atoms with Gasteiger partial charge in [0.15, 0.2) is 0 Å². The van der Waals surface area contributed by atoms with E-state index in [0.717, 1.165) is 16.9 Å². The van der Waals surface area contributed by atoms with Gasteiger partial charge in [-0.15, -0.1) is 5.10 Å². The summed E-state index contributed by atoms with van der Waals surface area (Å²) in [4.78, 5) is 30.4. The number of carbonyl (C=O) groups is 2. The maximum absolute atomic E-state index is 13.7. The Bertz CT molecular complexity index is 1510. The van der Waals surface area contributed by atoms with Crippen LogP contribution in [0.25, 0.3) is 0 Å². The fraction of sp³-hybridized carbons (Fsp3) is 0.172. The summed E-state index contributed by atoms with van der Waals surface area (Å²) in [6.07, 6.45) is 0. The van der Waals surface area contributed by atoms with Gasteiger partial charge in [-0.25, -0.2) is 9.48 Å². The van der Waals surface area contributed by atoms with Crippen LogP contribution in [0.5, 0.6) is 0 Å². The number of aromatic nitrogens is 3. The summed E-state index contributed by atoms with van der Waals surface area (Å²) in [6, 6.07) is 24.2. The van der Waals surface area contributed by atoms with E-state index in [-0.39, 0.29) is 5.91 Å². The van der Waals surface area contributed by atoms with Gasteiger partial charge in [0.05, 0.1) is 18.2 Å². The normalized spacial score (nSPS) is 14.4. The van der Waals surface area contributed by atoms with E-state index >= 15 is 0 Å². The van der Waals surface area contributed by atoms with Crippen molar-refractivity contribution in [3.05, 3.63) is 112 Å². The van der Waals surface area contributed by atoms with Crippen LogP contribution in [0.15, 0.2) is 95.3 Å². The van der Waals surface area contributed by atoms with Gasteiger partial charge in [0.25, 0.3) is 5.91 Å². The Morgan fingerprint density at radius 3 is 2.50 bits per heavy atom. The van der Waals surface area contributed by atoms with E-state index in [2.05, 4.69) is 22.8 Å². The number of nitrogens with one attached hydrogen (secondary N) is 2. The highest BCUT2D eigenvalue weighted by Gasteiger charge is 2.34. The second kappa shape index (κ2) is 10.9. The SMILES string of the molecule is COC(=O)c1ccc(C2C(C(=O)Nc3cccc(C)c3)=C(C)Nc3nc(SCc4ccccc4)nn32)cc1. The number of allylic oxidation sites excluding steroid dienone is 1. The van der Waals surface area contributed by atoms with Crippen molar-refractivity contribution < 1.29 is 14.3 Å². The molecule has 0 radical (unpaired) electrons. The van der Waals surface area contributed by atoms with Crippen LogP contribution in [0.3, 0.4) is 0 Å². The summed E-state index contributed by atoms with van der Waals surface area (Å²) in [7, 11) is 1.35. The molecule has 0 aliphatic carbocycles. The molecule has 38 heavy (non-hydrogen) atoms. The first-order valence-electron chi connectivity index (χ1n) is 12.1. The first-order valence-corrected chi connectivity index (χ1v) is 13.1. The predicted octanol–water partition coefficient (Wildman–Crippen LogP) is 5.59. The number of anilines is 2. The van der Waals surface area contributed by atoms with Crippen LogP contribution in [0.1, 0.15) is 40.0 Å². The van der Waals surface area contributed by atoms with Crippen LogP contribution in [-0.4, -0.2) is 33.8 Å². The van der Waals surface area contributed by atoms with Crippen molar-refractivity contribution in [2.24, 2.45) is 0 Å². The summed E-state index contributed by atoms with van der Waals surface area (Å²) in [6.45, 7) is 3.83. The number of esters is 1. The van der Waals surface area contributed by atoms with Crippen LogP contribution in [-0.2, 0) is 15.3 Å². The number of fused-ring (bicyclic) bond motifs is 1. The first-order chi connectivity index (χ1) is 18.4. The Hall–Kier alpha value is -4.37. The highest BCUT2D eigenvalue weighted by molar-refractivity contribution is 7.98. The summed E-state index contributed by atoms with van der Waals surface area (Å²) in [5.74, 6) is 0.595. The van der Waals surface area contributed by atoms with Crippen molar-refractivity contribution >= 4 is 35.3 Å². The summed E-state index contributed by atoms with van der Waals surface area (Å²) in [5, 5.41) is 11.7. The van der Waals surface area contributed by atoms with Crippen molar-refractivity contribution in [2.45, 2.75) is 30.8 Å². The van der Waals surface area contributed by atoms with Crippen molar-refractivity contribution in [1.82, 2.24) is 14.8 Å². The largest absolute Gasteiger partial charge is 0.465 e. The van der Waals surface area contributed by atoms with Gasteiger partial charge in [-0.05, 0) is 54.8 Å². The molecular weight excluding hydrogens is 498 g/mol. The average molecular weight is 526 g/mol. The van der Waals surface area contributed by atoms with Crippen LogP contribution < -0.4 is 10.6 Å². The van der Waals surface area contributed by atoms with Gasteiger partial charge in [-0.2, -0.15) is 4.98 Å². The minimum absolute atomic E-state index is 0.248. The van der Waals surface area contributed by atoms with Crippen molar-refractivity contribution in [2.75, 3.05) is 17.7 Å². The number of nitrogens with zero attached hydrogens (tertiary/aromatic N) is 3. The minimum atomic E-state index is -0.554. The molecule has 0 saturated heterocycles. The number of rotatable bonds is 7. The zero-order chi connectivity index (χ0) is 26.6. The molecule has 0 bridgehead atoms. The molecule has 4 aromatic rings. The molecule has 1 aromatic heterocycles. The Morgan fingerprint density at radius 2 is 1.79 bits per heavy atom. The summed E-state index contributed by atoms with van der Waals surface area (Å²) >= 11 is 1.53. The minimum Gasteiger partial charge on any atom is -0.465 e. The van der Waals surface area contributed by atoms with Gasteiger partial charge >= 0.3 is 5.97 Å². The number of methoxy groups -OCH3 is 1. The zero-order valence-electron chi connectivity index (χ0n) is 21.3. The third-order valence-corrected chi connectivity index (χ3v) is 7.12. The third kappa shape index (κ3) is 5.33. The molecular formula is C29H27N5O3S. The lowest BCUT2D eigenvalue weighted by Crippen LogP contribution is -2.31. The van der Waals surface area contributed by atoms with Crippen LogP contribution >= 0.6 is 11.8 Å². The average Bonchev–Trinajstić information content (AvgIpc) is 3.33. The number of hydrogen-bond acceptors (Lipinski definition) is 7. The molecule has 5 rings (SSSR count). The second-order valence-electron chi connectivity index (χ2n) is 8.94. The monoisotopic (exact) mass is 525 g/mol. The molecule has 1 aliphatic rings. The number of ether oxygens (including phenoxy) is 1. The highest BCUT2D eigenvalue weighted by atomic mass is 32.2. The van der Waals surface area contributed by atoms with E-state index in [1.54, 1.807) is 16.8 Å². The molecule has 0 saturated carbocycles. The van der Waals surface area contributed by atoms with Gasteiger partial charge < -0.3 is 15.4 Å². The van der Waals surface area contributed by atoms with E-state index in [4.69, 9.17) is 14.8 Å². The fourth-order valence-corrected chi connectivity index (χ4v) is 5.14. The number of thioether (sulfide) groups is 1. The number of carbonyl (C=O) groups excluding carboxylic acids is 2. The van der Waals surface area contributed by atoms with Gasteiger partial charge in [0.1, 0.15) is 6.04 Å². The van der Waals surface area contributed by atoms with E-state index in [9.17, 15) is 9.59 Å². The van der Waals surface area contributed by atoms with E-state index < -0.39 is 12.0 Å². The molecule has 2 heterocycles. The van der Waals surface area contributed by atoms with Crippen molar-refractivity contribution in [3.63, 3.8) is 0 Å². The maximum atomic E-state index is 13.7. The molecule has 2 N–H and O–H groups in total. The standard InChI is InChI=1S/C29H27N5O3S/c1-18-8-7-11-23(16-18)31-26(35)24-19(2)30-28-32-29(38-17-20-9-5-4-6-10-20)33-34(28)25(24)21-12-14-22(15-13-21)27(36)37-3/h4-16,25H,17H2,1-3H3,(H,31,35)(H,30,32,33). The Morgan fingerprint density at radius 1 is 1.03 bits per heavy atom. The lowest BCUT2D eigenvalue weighted by atomic mass is 9.94. The van der Waals surface area contributed by atoms with Gasteiger partial charge in [-0.1, -0.05) is 66.4 Å². The maximum Gasteiger partial charge on any atom is 0.337 e. The Kier molecular flexibility index (Phi) is 7.28. The van der Waals surface area contributed by atoms with E-state index in [0.29, 0.717) is 33.6 Å². The smallest absolute Gasteiger partial charge is 0.337 e. The van der Waals surface area contributed by atoms with Crippen molar-refractivity contribution in [1.29, 1.82) is 0 Å². The summed E-state index contributed by atoms with van der Waals surface area (Å²) < 4.78 is 6.58. The van der Waals surface area contributed by atoms with Crippen LogP contribution in [0.4, 0.5) is 11.6 Å². The van der Waals surface area contributed by atoms with Crippen LogP contribution in [0, 0.1) is 6.92 Å². The number of aryl methyl sites for hydroxylation is 1. The van der Waals surface area contributed by atoms with Crippen LogP contribution in [0.2, 0.25) is 0 Å². The summed E-state index contributed by atoms with van der Waals surface area (Å²) in [5.41, 5.74) is 5.32. The lowest BCUT2D eigenvalue weighted by molar-refractivity contribution is -0.113. The molecule has 192 valence electrons. The molecule has 1 unspecified atom stereocenters. The first kappa shape index (κ1) is 25.3. The van der Waals surface area contributed by atoms with Gasteiger partial charge in [0.2, 0.25) is 11.1 Å². The van der Waals surface area contributed by atoms with Crippen molar-refractivity contribution in [3.8, 4) is 0 Å². The molecule has 1 aliphatic heterocycles. The number of amides is 1. The molecule has 1 amide bonds. The Balaban J connectivity index is 1.51. The predicted molar refractivity (Wildman–Crippen MR) is 148 cm³/mol. The Labute approximate surface area is 225 Å². The fourth-order valence-electron chi connectivity index (χ4n) is 4.36. The van der Waals surface area contributed by atoms with E-state index in [1.807, 2.05) is 68.4 Å². The molecule has 8 nitrogen and oxygen atoms in total. The lowest BCUT2D eigenvalue weighted by Gasteiger charge is -2.28. The second-order valence-corrected chi connectivity index (χ2v) is 9.88. The number of benzene rings is 3. The molecule has 1 atom stereocenters. The van der Waals surface area contributed by atoms with Gasteiger partial charge in [-0.3, -0.25) is 4.79 Å². The zero-order valence-corrected chi connectivity index (χ0v) is 22.1. The van der Waals surface area contributed by atoms with Gasteiger partial charge in [0, 0.05) is 17.1 Å². The highest BCUT2D eigenvalue weighted by Crippen LogP contribution is 2.37. The molecule has 0 spiro atoms. The molecule has 3 aromatic carbocycles. The molecule has 0 fully saturated rings. The number of hydrogen-bond donors (Lipinski definition) is 2. The topological polar surface area (TPSA) is 98.1 Å².